The van der Waals surface area contributed by atoms with E-state index in [4.69, 9.17) is 4.74 Å². The highest BCUT2D eigenvalue weighted by Gasteiger charge is 2.12. The van der Waals surface area contributed by atoms with E-state index >= 15 is 0 Å². The van der Waals surface area contributed by atoms with Gasteiger partial charge in [-0.2, -0.15) is 0 Å². The number of carbonyl (C=O) groups is 1. The molecule has 0 bridgehead atoms. The lowest BCUT2D eigenvalue weighted by molar-refractivity contribution is 0.0606. The Morgan fingerprint density at radius 3 is 3.00 bits per heavy atom. The average molecular weight is 290 g/mol. The smallest absolute Gasteiger partial charge is 0.348 e. The second kappa shape index (κ2) is 7.05. The fourth-order valence-electron chi connectivity index (χ4n) is 1.84. The summed E-state index contributed by atoms with van der Waals surface area (Å²) >= 11 is 1.43. The lowest BCUT2D eigenvalue weighted by Gasteiger charge is -2.09. The molecule has 0 aliphatic carbocycles. The van der Waals surface area contributed by atoms with Crippen LogP contribution in [0.3, 0.4) is 0 Å². The largest absolute Gasteiger partial charge is 0.465 e. The molecule has 0 unspecified atom stereocenters. The molecule has 5 heteroatoms. The van der Waals surface area contributed by atoms with Crippen LogP contribution in [0.1, 0.15) is 29.4 Å². The summed E-state index contributed by atoms with van der Waals surface area (Å²) in [7, 11) is 1.39. The van der Waals surface area contributed by atoms with Crippen LogP contribution in [0.15, 0.2) is 30.6 Å². The Morgan fingerprint density at radius 2 is 2.25 bits per heavy atom. The summed E-state index contributed by atoms with van der Waals surface area (Å²) in [6, 6.07) is 5.69. The monoisotopic (exact) mass is 290 g/mol. The molecule has 0 atom stereocenters. The van der Waals surface area contributed by atoms with Crippen LogP contribution in [-0.2, 0) is 4.74 Å². The normalized spacial score (nSPS) is 10.3. The van der Waals surface area contributed by atoms with Crippen LogP contribution in [0.4, 0.5) is 5.69 Å². The van der Waals surface area contributed by atoms with Crippen molar-refractivity contribution >= 4 is 23.0 Å². The molecule has 0 saturated heterocycles. The Hall–Kier alpha value is -1.88. The van der Waals surface area contributed by atoms with Gasteiger partial charge in [-0.25, -0.2) is 4.79 Å². The molecule has 2 aromatic rings. The first-order chi connectivity index (χ1) is 9.76. The predicted octanol–water partition coefficient (Wildman–Crippen LogP) is 3.81. The fourth-order valence-corrected chi connectivity index (χ4v) is 2.81. The van der Waals surface area contributed by atoms with E-state index in [1.54, 1.807) is 12.3 Å². The molecule has 20 heavy (non-hydrogen) atoms. The molecule has 4 nitrogen and oxygen atoms in total. The van der Waals surface area contributed by atoms with Crippen molar-refractivity contribution in [3.63, 3.8) is 0 Å². The molecule has 0 aliphatic rings. The Labute approximate surface area is 122 Å². The first kappa shape index (κ1) is 14.5. The number of methoxy groups -OCH3 is 1. The molecule has 0 saturated carbocycles. The molecule has 2 aromatic heterocycles. The van der Waals surface area contributed by atoms with Crippen LogP contribution < -0.4 is 5.32 Å². The highest BCUT2D eigenvalue weighted by atomic mass is 32.1. The predicted molar refractivity (Wildman–Crippen MR) is 82.3 cm³/mol. The number of nitrogens with one attached hydrogen (secondary N) is 1. The molecule has 0 aromatic carbocycles. The number of esters is 1. The van der Waals surface area contributed by atoms with Gasteiger partial charge in [0.05, 0.1) is 19.0 Å². The van der Waals surface area contributed by atoms with Crippen molar-refractivity contribution in [3.8, 4) is 10.4 Å². The van der Waals surface area contributed by atoms with Crippen molar-refractivity contribution in [3.05, 3.63) is 35.5 Å². The third-order valence-electron chi connectivity index (χ3n) is 2.92. The quantitative estimate of drug-likeness (QED) is 0.649. The lowest BCUT2D eigenvalue weighted by atomic mass is 10.2. The first-order valence-electron chi connectivity index (χ1n) is 6.62. The molecule has 0 spiro atoms. The van der Waals surface area contributed by atoms with Crippen molar-refractivity contribution < 1.29 is 9.53 Å². The van der Waals surface area contributed by atoms with Gasteiger partial charge in [0.1, 0.15) is 4.88 Å². The van der Waals surface area contributed by atoms with Crippen molar-refractivity contribution in [2.24, 2.45) is 0 Å². The van der Waals surface area contributed by atoms with E-state index < -0.39 is 0 Å². The number of carbonyl (C=O) groups excluding carboxylic acids is 1. The van der Waals surface area contributed by atoms with E-state index in [2.05, 4.69) is 17.2 Å². The number of anilines is 1. The van der Waals surface area contributed by atoms with E-state index in [1.165, 1.54) is 18.4 Å². The standard InChI is InChI=1S/C15H18N2O2S/c1-3-4-8-17-12-10-16-9-7-11(12)13-5-6-14(20-13)15(18)19-2/h5-7,9-10,17H,3-4,8H2,1-2H3. The van der Waals surface area contributed by atoms with Crippen molar-refractivity contribution in [2.75, 3.05) is 19.0 Å². The summed E-state index contributed by atoms with van der Waals surface area (Å²) in [6.45, 7) is 3.08. The Morgan fingerprint density at radius 1 is 1.40 bits per heavy atom. The SMILES string of the molecule is CCCCNc1cnccc1-c1ccc(C(=O)OC)s1. The number of pyridine rings is 1. The van der Waals surface area contributed by atoms with Crippen molar-refractivity contribution in [1.29, 1.82) is 0 Å². The molecular formula is C15H18N2O2S. The maximum Gasteiger partial charge on any atom is 0.348 e. The number of hydrogen-bond acceptors (Lipinski definition) is 5. The topological polar surface area (TPSA) is 51.2 Å². The first-order valence-corrected chi connectivity index (χ1v) is 7.44. The second-order valence-electron chi connectivity index (χ2n) is 4.36. The Bertz CT molecular complexity index is 581. The van der Waals surface area contributed by atoms with Gasteiger partial charge in [0.25, 0.3) is 0 Å². The van der Waals surface area contributed by atoms with Gasteiger partial charge >= 0.3 is 5.97 Å². The molecule has 0 amide bonds. The molecule has 2 heterocycles. The van der Waals surface area contributed by atoms with E-state index in [9.17, 15) is 4.79 Å². The second-order valence-corrected chi connectivity index (χ2v) is 5.44. The summed E-state index contributed by atoms with van der Waals surface area (Å²) in [6.07, 6.45) is 5.85. The molecule has 0 radical (unpaired) electrons. The maximum atomic E-state index is 11.5. The zero-order chi connectivity index (χ0) is 14.4. The summed E-state index contributed by atoms with van der Waals surface area (Å²) in [5.41, 5.74) is 2.07. The fraction of sp³-hybridized carbons (Fsp3) is 0.333. The average Bonchev–Trinajstić information content (AvgIpc) is 2.97. The third kappa shape index (κ3) is 3.36. The molecule has 0 aliphatic heterocycles. The van der Waals surface area contributed by atoms with Gasteiger partial charge in [-0.15, -0.1) is 11.3 Å². The van der Waals surface area contributed by atoms with Gasteiger partial charge in [-0.1, -0.05) is 13.3 Å². The summed E-state index contributed by atoms with van der Waals surface area (Å²) in [4.78, 5) is 17.3. The van der Waals surface area contributed by atoms with Gasteiger partial charge in [-0.3, -0.25) is 4.98 Å². The molecule has 106 valence electrons. The molecule has 0 fully saturated rings. The van der Waals surface area contributed by atoms with Gasteiger partial charge in [0, 0.05) is 23.2 Å². The number of ether oxygens (including phenoxy) is 1. The van der Waals surface area contributed by atoms with E-state index in [1.807, 2.05) is 18.3 Å². The molecular weight excluding hydrogens is 272 g/mol. The number of rotatable bonds is 6. The number of hydrogen-bond donors (Lipinski definition) is 1. The summed E-state index contributed by atoms with van der Waals surface area (Å²) < 4.78 is 4.74. The van der Waals surface area contributed by atoms with Crippen LogP contribution in [0.2, 0.25) is 0 Å². The minimum Gasteiger partial charge on any atom is -0.465 e. The lowest BCUT2D eigenvalue weighted by Crippen LogP contribution is -2.02. The number of unbranched alkanes of at least 4 members (excludes halogenated alkanes) is 1. The number of thiophene rings is 1. The minimum atomic E-state index is -0.296. The highest BCUT2D eigenvalue weighted by Crippen LogP contribution is 2.33. The summed E-state index contributed by atoms with van der Waals surface area (Å²) in [5, 5.41) is 3.39. The van der Waals surface area contributed by atoms with E-state index in [0.29, 0.717) is 4.88 Å². The maximum absolute atomic E-state index is 11.5. The molecule has 2 rings (SSSR count). The zero-order valence-electron chi connectivity index (χ0n) is 11.7. The van der Waals surface area contributed by atoms with Gasteiger partial charge in [-0.05, 0) is 24.6 Å². The van der Waals surface area contributed by atoms with Crippen LogP contribution in [-0.4, -0.2) is 24.6 Å². The number of nitrogens with zero attached hydrogens (tertiary/aromatic N) is 1. The van der Waals surface area contributed by atoms with E-state index in [-0.39, 0.29) is 5.97 Å². The van der Waals surface area contributed by atoms with Gasteiger partial charge < -0.3 is 10.1 Å². The summed E-state index contributed by atoms with van der Waals surface area (Å²) in [5.74, 6) is -0.296. The Balaban J connectivity index is 2.23. The van der Waals surface area contributed by atoms with Crippen LogP contribution in [0.25, 0.3) is 10.4 Å². The van der Waals surface area contributed by atoms with Crippen LogP contribution in [0, 0.1) is 0 Å². The Kier molecular flexibility index (Phi) is 5.12. The van der Waals surface area contributed by atoms with Crippen molar-refractivity contribution in [2.45, 2.75) is 19.8 Å². The van der Waals surface area contributed by atoms with E-state index in [0.717, 1.165) is 35.5 Å². The van der Waals surface area contributed by atoms with Crippen LogP contribution in [0.5, 0.6) is 0 Å². The van der Waals surface area contributed by atoms with Crippen LogP contribution >= 0.6 is 11.3 Å². The third-order valence-corrected chi connectivity index (χ3v) is 4.02. The molecule has 1 N–H and O–H groups in total. The highest BCUT2D eigenvalue weighted by molar-refractivity contribution is 7.17. The van der Waals surface area contributed by atoms with Crippen molar-refractivity contribution in [1.82, 2.24) is 4.98 Å². The van der Waals surface area contributed by atoms with Gasteiger partial charge in [0.15, 0.2) is 0 Å². The number of aromatic nitrogens is 1. The zero-order valence-corrected chi connectivity index (χ0v) is 12.5. The van der Waals surface area contributed by atoms with Gasteiger partial charge in [0.2, 0.25) is 0 Å². The minimum absolute atomic E-state index is 0.296.